The van der Waals surface area contributed by atoms with Crippen molar-refractivity contribution in [2.45, 2.75) is 79.6 Å². The minimum absolute atomic E-state index is 0.156. The number of thiazole rings is 1. The molecule has 0 fully saturated rings. The molecule has 0 spiro atoms. The lowest BCUT2D eigenvalue weighted by atomic mass is 9.73. The van der Waals surface area contributed by atoms with Gasteiger partial charge in [0.25, 0.3) is 0 Å². The third-order valence-corrected chi connectivity index (χ3v) is 7.47. The van der Waals surface area contributed by atoms with Crippen molar-refractivity contribution < 1.29 is 24.5 Å². The van der Waals surface area contributed by atoms with Crippen LogP contribution in [0.4, 0.5) is 0 Å². The van der Waals surface area contributed by atoms with Crippen molar-refractivity contribution >= 4 is 29.2 Å². The summed E-state index contributed by atoms with van der Waals surface area (Å²) in [5.74, 6) is -1.68. The number of carbonyl (C=O) groups excluding carboxylic acids is 2. The van der Waals surface area contributed by atoms with E-state index in [1.165, 1.54) is 0 Å². The number of nitrogens with zero attached hydrogens (tertiary/aromatic N) is 1. The Labute approximate surface area is 207 Å². The van der Waals surface area contributed by atoms with Crippen molar-refractivity contribution in [3.63, 3.8) is 0 Å². The highest BCUT2D eigenvalue weighted by Crippen LogP contribution is 2.31. The number of hydrogen-bond acceptors (Lipinski definition) is 8. The minimum Gasteiger partial charge on any atom is -0.457 e. The Balaban J connectivity index is 2.33. The maximum Gasteiger partial charge on any atom is 0.309 e. The van der Waals surface area contributed by atoms with Gasteiger partial charge < -0.3 is 20.3 Å². The van der Waals surface area contributed by atoms with E-state index in [-0.39, 0.29) is 18.1 Å². The summed E-state index contributed by atoms with van der Waals surface area (Å²) in [7, 11) is 0. The summed E-state index contributed by atoms with van der Waals surface area (Å²) < 4.78 is 5.79. The average Bonchev–Trinajstić information content (AvgIpc) is 3.18. The van der Waals surface area contributed by atoms with Gasteiger partial charge in [-0.25, -0.2) is 4.98 Å². The van der Waals surface area contributed by atoms with Gasteiger partial charge in [0.2, 0.25) is 0 Å². The zero-order valence-electron chi connectivity index (χ0n) is 21.4. The Morgan fingerprint density at radius 1 is 1.26 bits per heavy atom. The molecule has 0 saturated heterocycles. The summed E-state index contributed by atoms with van der Waals surface area (Å²) in [6.45, 7) is 13.8. The molecule has 0 saturated carbocycles. The molecule has 2 heterocycles. The Hall–Kier alpha value is -1.87. The van der Waals surface area contributed by atoms with Crippen LogP contribution in [0.5, 0.6) is 0 Å². The molecule has 0 radical (unpaired) electrons. The first-order valence-corrected chi connectivity index (χ1v) is 12.8. The number of Topliss-reactive ketones (excluding diaryl/α,β-unsaturated/α-hetero) is 1. The van der Waals surface area contributed by atoms with Gasteiger partial charge in [-0.3, -0.25) is 9.59 Å². The fourth-order valence-electron chi connectivity index (χ4n) is 4.12. The molecule has 7 nitrogen and oxygen atoms in total. The third kappa shape index (κ3) is 7.57. The van der Waals surface area contributed by atoms with Gasteiger partial charge in [0.1, 0.15) is 11.9 Å². The van der Waals surface area contributed by atoms with Crippen LogP contribution in [0.15, 0.2) is 22.6 Å². The Morgan fingerprint density at radius 3 is 2.56 bits per heavy atom. The molecule has 0 unspecified atom stereocenters. The first-order valence-electron chi connectivity index (χ1n) is 11.9. The Morgan fingerprint density at radius 2 is 1.94 bits per heavy atom. The van der Waals surface area contributed by atoms with Gasteiger partial charge in [-0.2, -0.15) is 0 Å². The predicted molar refractivity (Wildman–Crippen MR) is 135 cm³/mol. The van der Waals surface area contributed by atoms with E-state index in [2.05, 4.69) is 10.3 Å². The third-order valence-electron chi connectivity index (χ3n) is 6.68. The lowest BCUT2D eigenvalue weighted by molar-refractivity contribution is -0.154. The number of rotatable bonds is 2. The molecule has 0 amide bonds. The number of hydrogen-bond donors (Lipinski definition) is 3. The van der Waals surface area contributed by atoms with E-state index in [0.717, 1.165) is 21.8 Å². The van der Waals surface area contributed by atoms with Gasteiger partial charge in [0.15, 0.2) is 0 Å². The number of aromatic nitrogens is 1. The van der Waals surface area contributed by atoms with Crippen LogP contribution in [0, 0.1) is 24.2 Å². The van der Waals surface area contributed by atoms with E-state index in [1.54, 1.807) is 32.1 Å². The van der Waals surface area contributed by atoms with Gasteiger partial charge in [0.05, 0.1) is 34.7 Å². The van der Waals surface area contributed by atoms with Gasteiger partial charge in [-0.05, 0) is 38.3 Å². The summed E-state index contributed by atoms with van der Waals surface area (Å²) in [5, 5.41) is 27.8. The smallest absolute Gasteiger partial charge is 0.309 e. The summed E-state index contributed by atoms with van der Waals surface area (Å²) >= 11 is 1.55. The normalized spacial score (nSPS) is 32.1. The molecule has 8 heteroatoms. The summed E-state index contributed by atoms with van der Waals surface area (Å²) in [4.78, 5) is 30.4. The van der Waals surface area contributed by atoms with Gasteiger partial charge >= 0.3 is 5.97 Å². The molecule has 34 heavy (non-hydrogen) atoms. The number of esters is 1. The number of ether oxygens (including phenoxy) is 1. The second-order valence-electron chi connectivity index (χ2n) is 10.1. The zero-order chi connectivity index (χ0) is 25.6. The number of carbonyl (C=O) groups is 2. The second-order valence-corrected chi connectivity index (χ2v) is 11.2. The van der Waals surface area contributed by atoms with Crippen molar-refractivity contribution in [1.82, 2.24) is 10.3 Å². The van der Waals surface area contributed by atoms with Crippen LogP contribution >= 0.6 is 11.3 Å². The van der Waals surface area contributed by atoms with Crippen molar-refractivity contribution in [2.24, 2.45) is 17.3 Å². The molecular formula is C26H40N2O5S. The maximum absolute atomic E-state index is 13.1. The first kappa shape index (κ1) is 28.4. The van der Waals surface area contributed by atoms with Crippen LogP contribution < -0.4 is 5.32 Å². The SMILES string of the molecule is C/C1=C/C[C@@H](/C(C)=C/c2csc(C)n2)OC(=O)C[C@H](O)C(C)(C)C(=O)[C@H](C)[C@@H](O)[C@@H](C)CNC1. The van der Waals surface area contributed by atoms with E-state index in [9.17, 15) is 19.8 Å². The summed E-state index contributed by atoms with van der Waals surface area (Å²) in [6, 6.07) is 0. The highest BCUT2D eigenvalue weighted by molar-refractivity contribution is 7.09. The van der Waals surface area contributed by atoms with E-state index in [0.29, 0.717) is 19.5 Å². The predicted octanol–water partition coefficient (Wildman–Crippen LogP) is 3.69. The number of ketones is 1. The summed E-state index contributed by atoms with van der Waals surface area (Å²) in [6.07, 6.45) is 1.53. The van der Waals surface area contributed by atoms with E-state index < -0.39 is 35.6 Å². The zero-order valence-corrected chi connectivity index (χ0v) is 22.2. The van der Waals surface area contributed by atoms with Crippen LogP contribution in [-0.2, 0) is 14.3 Å². The molecule has 3 N–H and O–H groups in total. The van der Waals surface area contributed by atoms with E-state index in [4.69, 9.17) is 4.74 Å². The van der Waals surface area contributed by atoms with Crippen LogP contribution in [0.25, 0.3) is 6.08 Å². The first-order chi connectivity index (χ1) is 15.8. The molecule has 1 aromatic rings. The van der Waals surface area contributed by atoms with Crippen molar-refractivity contribution in [3.05, 3.63) is 33.3 Å². The van der Waals surface area contributed by atoms with Crippen molar-refractivity contribution in [2.75, 3.05) is 13.1 Å². The topological polar surface area (TPSA) is 109 Å². The lowest BCUT2D eigenvalue weighted by Crippen LogP contribution is -2.46. The number of cyclic esters (lactones) is 1. The monoisotopic (exact) mass is 492 g/mol. The number of nitrogens with one attached hydrogen (secondary N) is 1. The van der Waals surface area contributed by atoms with E-state index >= 15 is 0 Å². The molecule has 0 aromatic carbocycles. The maximum atomic E-state index is 13.1. The van der Waals surface area contributed by atoms with Gasteiger partial charge in [0, 0.05) is 30.8 Å². The minimum atomic E-state index is -1.23. The largest absolute Gasteiger partial charge is 0.457 e. The fourth-order valence-corrected chi connectivity index (χ4v) is 4.69. The van der Waals surface area contributed by atoms with Crippen molar-refractivity contribution in [1.29, 1.82) is 0 Å². The number of aliphatic hydroxyl groups is 2. The highest BCUT2D eigenvalue weighted by atomic mass is 32.1. The summed E-state index contributed by atoms with van der Waals surface area (Å²) in [5.41, 5.74) is 1.54. The standard InChI is InChI=1S/C26H40N2O5S/c1-15-8-9-21(16(2)10-20-14-34-19(5)28-20)33-23(30)11-22(29)26(6,7)25(32)18(4)24(31)17(3)13-27-12-15/h8,10,14,17-18,21-22,24,27,29,31H,9,11-13H2,1-7H3/b15-8-,16-10+/t17-,18+,21-,22-,24-/m0/s1. The van der Waals surface area contributed by atoms with Crippen LogP contribution in [0.2, 0.25) is 0 Å². The number of aliphatic hydroxyl groups excluding tert-OH is 2. The molecule has 0 aliphatic carbocycles. The molecule has 1 aromatic heterocycles. The Bertz CT molecular complexity index is 920. The highest BCUT2D eigenvalue weighted by Gasteiger charge is 2.42. The number of aryl methyl sites for hydroxylation is 1. The average molecular weight is 493 g/mol. The molecule has 5 atom stereocenters. The van der Waals surface area contributed by atoms with Crippen LogP contribution in [0.1, 0.15) is 65.1 Å². The molecule has 1 aliphatic heterocycles. The molecule has 0 bridgehead atoms. The molecular weight excluding hydrogens is 452 g/mol. The van der Waals surface area contributed by atoms with Crippen LogP contribution in [0.3, 0.4) is 0 Å². The molecule has 2 rings (SSSR count). The van der Waals surface area contributed by atoms with Crippen molar-refractivity contribution in [3.8, 4) is 0 Å². The van der Waals surface area contributed by atoms with E-state index in [1.807, 2.05) is 45.2 Å². The second kappa shape index (κ2) is 12.2. The fraction of sp³-hybridized carbons (Fsp3) is 0.654. The molecule has 1 aliphatic rings. The van der Waals surface area contributed by atoms with Gasteiger partial charge in [-0.15, -0.1) is 11.3 Å². The Kier molecular flexibility index (Phi) is 10.2. The lowest BCUT2D eigenvalue weighted by Gasteiger charge is -2.34. The van der Waals surface area contributed by atoms with Gasteiger partial charge in [-0.1, -0.05) is 39.3 Å². The van der Waals surface area contributed by atoms with Crippen LogP contribution in [-0.4, -0.2) is 58.4 Å². The molecule has 190 valence electrons. The quantitative estimate of drug-likeness (QED) is 0.427.